The SMILES string of the molecule is CCN(CC)CCO/N=C1\CC(c2ccc(C)cc2)Oc2ccccc21. The Kier molecular flexibility index (Phi) is 6.29. The Morgan fingerprint density at radius 1 is 1.08 bits per heavy atom. The molecule has 0 saturated carbocycles. The van der Waals surface area contributed by atoms with E-state index in [9.17, 15) is 0 Å². The monoisotopic (exact) mass is 352 g/mol. The van der Waals surface area contributed by atoms with Crippen LogP contribution in [0, 0.1) is 6.92 Å². The summed E-state index contributed by atoms with van der Waals surface area (Å²) in [6, 6.07) is 16.6. The van der Waals surface area contributed by atoms with Crippen molar-refractivity contribution in [1.82, 2.24) is 4.90 Å². The lowest BCUT2D eigenvalue weighted by Crippen LogP contribution is -2.27. The van der Waals surface area contributed by atoms with E-state index in [0.717, 1.165) is 36.7 Å². The van der Waals surface area contributed by atoms with Gasteiger partial charge in [0.15, 0.2) is 0 Å². The molecule has 0 N–H and O–H groups in total. The molecule has 4 heteroatoms. The third kappa shape index (κ3) is 4.44. The topological polar surface area (TPSA) is 34.1 Å². The van der Waals surface area contributed by atoms with E-state index in [1.54, 1.807) is 0 Å². The highest BCUT2D eigenvalue weighted by Crippen LogP contribution is 2.35. The number of para-hydroxylation sites is 1. The van der Waals surface area contributed by atoms with E-state index in [2.05, 4.69) is 55.1 Å². The summed E-state index contributed by atoms with van der Waals surface area (Å²) in [5.41, 5.74) is 4.40. The quantitative estimate of drug-likeness (QED) is 0.540. The van der Waals surface area contributed by atoms with Crippen LogP contribution in [0.2, 0.25) is 0 Å². The predicted octanol–water partition coefficient (Wildman–Crippen LogP) is 4.58. The lowest BCUT2D eigenvalue weighted by atomic mass is 9.95. The van der Waals surface area contributed by atoms with Crippen LogP contribution >= 0.6 is 0 Å². The van der Waals surface area contributed by atoms with Gasteiger partial charge < -0.3 is 14.5 Å². The maximum Gasteiger partial charge on any atom is 0.129 e. The maximum absolute atomic E-state index is 6.22. The fraction of sp³-hybridized carbons (Fsp3) is 0.409. The number of rotatable bonds is 7. The number of likely N-dealkylation sites (N-methyl/N-ethyl adjacent to an activating group) is 1. The average molecular weight is 352 g/mol. The van der Waals surface area contributed by atoms with Crippen LogP contribution in [0.5, 0.6) is 5.75 Å². The fourth-order valence-electron chi connectivity index (χ4n) is 3.18. The Hall–Kier alpha value is -2.33. The van der Waals surface area contributed by atoms with Crippen molar-refractivity contribution in [2.45, 2.75) is 33.3 Å². The van der Waals surface area contributed by atoms with Crippen LogP contribution in [-0.4, -0.2) is 36.9 Å². The van der Waals surface area contributed by atoms with Crippen molar-refractivity contribution in [3.8, 4) is 5.75 Å². The molecule has 1 aliphatic heterocycles. The standard InChI is InChI=1S/C22H28N2O2/c1-4-24(5-2)14-15-25-23-20-16-22(18-12-10-17(3)11-13-18)26-21-9-7-6-8-19(20)21/h6-13,22H,4-5,14-16H2,1-3H3/b23-20+. The second-order valence-electron chi connectivity index (χ2n) is 6.62. The van der Waals surface area contributed by atoms with Gasteiger partial charge in [-0.05, 0) is 37.7 Å². The molecule has 4 nitrogen and oxygen atoms in total. The number of benzene rings is 2. The fourth-order valence-corrected chi connectivity index (χ4v) is 3.18. The molecule has 0 fully saturated rings. The minimum Gasteiger partial charge on any atom is -0.485 e. The van der Waals surface area contributed by atoms with Crippen LogP contribution in [0.15, 0.2) is 53.7 Å². The second-order valence-corrected chi connectivity index (χ2v) is 6.62. The van der Waals surface area contributed by atoms with Gasteiger partial charge in [0.1, 0.15) is 18.5 Å². The van der Waals surface area contributed by atoms with Crippen molar-refractivity contribution in [3.05, 3.63) is 65.2 Å². The van der Waals surface area contributed by atoms with E-state index in [1.165, 1.54) is 11.1 Å². The molecule has 0 amide bonds. The van der Waals surface area contributed by atoms with Crippen molar-refractivity contribution < 1.29 is 9.57 Å². The molecule has 0 bridgehead atoms. The van der Waals surface area contributed by atoms with Crippen LogP contribution < -0.4 is 4.74 Å². The molecule has 3 rings (SSSR count). The van der Waals surface area contributed by atoms with Crippen LogP contribution in [0.25, 0.3) is 0 Å². The lowest BCUT2D eigenvalue weighted by Gasteiger charge is -2.27. The van der Waals surface area contributed by atoms with Gasteiger partial charge in [0, 0.05) is 18.5 Å². The highest BCUT2D eigenvalue weighted by atomic mass is 16.6. The smallest absolute Gasteiger partial charge is 0.129 e. The molecule has 1 aliphatic rings. The largest absolute Gasteiger partial charge is 0.485 e. The third-order valence-electron chi connectivity index (χ3n) is 4.86. The number of oxime groups is 1. The van der Waals surface area contributed by atoms with Gasteiger partial charge >= 0.3 is 0 Å². The van der Waals surface area contributed by atoms with Gasteiger partial charge in [-0.25, -0.2) is 0 Å². The van der Waals surface area contributed by atoms with Crippen molar-refractivity contribution in [1.29, 1.82) is 0 Å². The molecule has 138 valence electrons. The van der Waals surface area contributed by atoms with Gasteiger partial charge in [-0.1, -0.05) is 61.0 Å². The summed E-state index contributed by atoms with van der Waals surface area (Å²) in [5, 5.41) is 4.47. The molecule has 0 aromatic heterocycles. The number of hydrogen-bond acceptors (Lipinski definition) is 4. The van der Waals surface area contributed by atoms with Gasteiger partial charge in [-0.2, -0.15) is 0 Å². The zero-order chi connectivity index (χ0) is 18.4. The van der Waals surface area contributed by atoms with E-state index < -0.39 is 0 Å². The molecule has 2 aromatic carbocycles. The molecule has 26 heavy (non-hydrogen) atoms. The molecule has 0 aliphatic carbocycles. The molecular weight excluding hydrogens is 324 g/mol. The van der Waals surface area contributed by atoms with Gasteiger partial charge in [0.25, 0.3) is 0 Å². The molecule has 0 spiro atoms. The van der Waals surface area contributed by atoms with E-state index >= 15 is 0 Å². The number of aryl methyl sites for hydroxylation is 1. The highest BCUT2D eigenvalue weighted by molar-refractivity contribution is 6.03. The molecule has 2 aromatic rings. The first-order valence-electron chi connectivity index (χ1n) is 9.45. The third-order valence-corrected chi connectivity index (χ3v) is 4.86. The molecule has 1 atom stereocenters. The summed E-state index contributed by atoms with van der Waals surface area (Å²) in [6.45, 7) is 9.97. The first-order chi connectivity index (χ1) is 12.7. The Morgan fingerprint density at radius 3 is 2.54 bits per heavy atom. The summed E-state index contributed by atoms with van der Waals surface area (Å²) >= 11 is 0. The molecule has 1 unspecified atom stereocenters. The van der Waals surface area contributed by atoms with Crippen molar-refractivity contribution in [2.75, 3.05) is 26.2 Å². The maximum atomic E-state index is 6.22. The molecule has 0 radical (unpaired) electrons. The van der Waals surface area contributed by atoms with E-state index in [4.69, 9.17) is 9.57 Å². The van der Waals surface area contributed by atoms with Gasteiger partial charge in [0.05, 0.1) is 5.71 Å². The van der Waals surface area contributed by atoms with Gasteiger partial charge in [-0.15, -0.1) is 0 Å². The normalized spacial score (nSPS) is 17.8. The number of hydrogen-bond donors (Lipinski definition) is 0. The minimum atomic E-state index is -0.0318. The van der Waals surface area contributed by atoms with Gasteiger partial charge in [-0.3, -0.25) is 0 Å². The Bertz CT molecular complexity index is 736. The second kappa shape index (κ2) is 8.86. The number of fused-ring (bicyclic) bond motifs is 1. The van der Waals surface area contributed by atoms with Crippen LogP contribution in [0.1, 0.15) is 43.1 Å². The Balaban J connectivity index is 1.75. The molecule has 0 saturated heterocycles. The van der Waals surface area contributed by atoms with E-state index in [1.807, 2.05) is 24.3 Å². The van der Waals surface area contributed by atoms with Gasteiger partial charge in [0.2, 0.25) is 0 Å². The zero-order valence-electron chi connectivity index (χ0n) is 15.9. The number of nitrogens with zero attached hydrogens (tertiary/aromatic N) is 2. The summed E-state index contributed by atoms with van der Waals surface area (Å²) in [7, 11) is 0. The van der Waals surface area contributed by atoms with Crippen LogP contribution in [0.3, 0.4) is 0 Å². The van der Waals surface area contributed by atoms with Crippen LogP contribution in [-0.2, 0) is 4.84 Å². The summed E-state index contributed by atoms with van der Waals surface area (Å²) < 4.78 is 6.22. The first-order valence-corrected chi connectivity index (χ1v) is 9.45. The summed E-state index contributed by atoms with van der Waals surface area (Å²) in [6.07, 6.45) is 0.682. The Morgan fingerprint density at radius 2 is 1.81 bits per heavy atom. The van der Waals surface area contributed by atoms with Crippen molar-refractivity contribution in [3.63, 3.8) is 0 Å². The lowest BCUT2D eigenvalue weighted by molar-refractivity contribution is 0.112. The molecular formula is C22H28N2O2. The van der Waals surface area contributed by atoms with E-state index in [0.29, 0.717) is 13.0 Å². The number of ether oxygens (including phenoxy) is 1. The minimum absolute atomic E-state index is 0.0318. The summed E-state index contributed by atoms with van der Waals surface area (Å²) in [4.78, 5) is 7.98. The average Bonchev–Trinajstić information content (AvgIpc) is 2.68. The summed E-state index contributed by atoms with van der Waals surface area (Å²) in [5.74, 6) is 0.871. The zero-order valence-corrected chi connectivity index (χ0v) is 15.9. The van der Waals surface area contributed by atoms with Crippen molar-refractivity contribution in [2.24, 2.45) is 5.16 Å². The predicted molar refractivity (Wildman–Crippen MR) is 106 cm³/mol. The van der Waals surface area contributed by atoms with Crippen molar-refractivity contribution >= 4 is 5.71 Å². The highest BCUT2D eigenvalue weighted by Gasteiger charge is 2.26. The Labute approximate surface area is 156 Å². The van der Waals surface area contributed by atoms with Crippen LogP contribution in [0.4, 0.5) is 0 Å². The van der Waals surface area contributed by atoms with E-state index in [-0.39, 0.29) is 6.10 Å². The molecule has 1 heterocycles. The first kappa shape index (κ1) is 18.5.